The Labute approximate surface area is 192 Å². The number of halogens is 4. The Kier molecular flexibility index (Phi) is 6.83. The Bertz CT molecular complexity index is 1160. The van der Waals surface area contributed by atoms with Crippen molar-refractivity contribution in [3.8, 4) is 22.8 Å². The van der Waals surface area contributed by atoms with Crippen LogP contribution >= 0.6 is 0 Å². The molecule has 3 rings (SSSR count). The molecule has 0 unspecified atom stereocenters. The van der Waals surface area contributed by atoms with Crippen molar-refractivity contribution in [2.45, 2.75) is 38.5 Å². The molecule has 0 radical (unpaired) electrons. The Morgan fingerprint density at radius 2 is 1.82 bits per heavy atom. The summed E-state index contributed by atoms with van der Waals surface area (Å²) in [4.78, 5) is 23.9. The fourth-order valence-electron chi connectivity index (χ4n) is 3.62. The second-order valence-corrected chi connectivity index (χ2v) is 8.15. The highest BCUT2D eigenvalue weighted by atomic mass is 19.4. The Morgan fingerprint density at radius 3 is 2.38 bits per heavy atom. The van der Waals surface area contributed by atoms with Crippen molar-refractivity contribution in [1.82, 2.24) is 4.68 Å². The number of carbonyl (C=O) groups is 1. The van der Waals surface area contributed by atoms with Crippen molar-refractivity contribution in [2.24, 2.45) is 0 Å². The average Bonchev–Trinajstić information content (AvgIpc) is 2.76. The van der Waals surface area contributed by atoms with Crippen molar-refractivity contribution in [3.05, 3.63) is 45.5 Å². The zero-order valence-corrected chi connectivity index (χ0v) is 19.0. The molecule has 0 saturated heterocycles. The van der Waals surface area contributed by atoms with Crippen LogP contribution in [0, 0.1) is 5.82 Å². The fourth-order valence-corrected chi connectivity index (χ4v) is 3.62. The second-order valence-electron chi connectivity index (χ2n) is 8.15. The third-order valence-electron chi connectivity index (χ3n) is 5.68. The summed E-state index contributed by atoms with van der Waals surface area (Å²) in [5.41, 5.74) is -5.16. The third kappa shape index (κ3) is 4.29. The summed E-state index contributed by atoms with van der Waals surface area (Å²) >= 11 is 0. The molecule has 186 valence electrons. The van der Waals surface area contributed by atoms with Crippen LogP contribution in [0.25, 0.3) is 11.3 Å². The minimum Gasteiger partial charge on any atom is -0.493 e. The Balaban J connectivity index is 2.27. The van der Waals surface area contributed by atoms with Gasteiger partial charge in [-0.25, -0.2) is 9.18 Å². The SMILES string of the molecule is COCCCOc1cc2c(cc1OC)-c1c(F)c(=O)c(C(=O)O)cn1N(C(C)(C)C(F)(F)F)C2. The quantitative estimate of drug-likeness (QED) is 0.449. The van der Waals surface area contributed by atoms with Crippen molar-refractivity contribution in [2.75, 3.05) is 32.4 Å². The Hall–Kier alpha value is -3.28. The number of ether oxygens (including phenoxy) is 3. The van der Waals surface area contributed by atoms with Crippen LogP contribution in [0.3, 0.4) is 0 Å². The molecule has 1 N–H and O–H groups in total. The van der Waals surface area contributed by atoms with Gasteiger partial charge in [-0.05, 0) is 31.5 Å². The maximum absolute atomic E-state index is 15.3. The van der Waals surface area contributed by atoms with Gasteiger partial charge in [-0.15, -0.1) is 0 Å². The molecule has 0 saturated carbocycles. The van der Waals surface area contributed by atoms with Gasteiger partial charge < -0.3 is 19.3 Å². The number of carboxylic acids is 1. The first-order valence-corrected chi connectivity index (χ1v) is 10.2. The maximum Gasteiger partial charge on any atom is 0.412 e. The highest BCUT2D eigenvalue weighted by molar-refractivity contribution is 5.88. The monoisotopic (exact) mass is 488 g/mol. The lowest BCUT2D eigenvalue weighted by molar-refractivity contribution is -0.182. The normalized spacial score (nSPS) is 13.4. The number of aromatic nitrogens is 1. The number of rotatable bonds is 8. The third-order valence-corrected chi connectivity index (χ3v) is 5.68. The highest BCUT2D eigenvalue weighted by Crippen LogP contribution is 2.43. The van der Waals surface area contributed by atoms with E-state index in [9.17, 15) is 27.9 Å². The number of fused-ring (bicyclic) bond motifs is 3. The number of benzene rings is 1. The lowest BCUT2D eigenvalue weighted by Gasteiger charge is -2.46. The minimum absolute atomic E-state index is 0.0851. The van der Waals surface area contributed by atoms with Gasteiger partial charge >= 0.3 is 12.1 Å². The largest absolute Gasteiger partial charge is 0.493 e. The van der Waals surface area contributed by atoms with Crippen LogP contribution in [-0.2, 0) is 11.3 Å². The maximum atomic E-state index is 15.3. The summed E-state index contributed by atoms with van der Waals surface area (Å²) in [5, 5.41) is 10.1. The molecule has 0 fully saturated rings. The van der Waals surface area contributed by atoms with E-state index in [2.05, 4.69) is 0 Å². The molecule has 1 aromatic carbocycles. The van der Waals surface area contributed by atoms with Crippen molar-refractivity contribution >= 4 is 5.97 Å². The van der Waals surface area contributed by atoms with Gasteiger partial charge in [0.1, 0.15) is 16.8 Å². The first-order chi connectivity index (χ1) is 15.8. The molecule has 1 aliphatic heterocycles. The molecular weight excluding hydrogens is 464 g/mol. The molecular formula is C22H24F4N2O6. The molecule has 0 aliphatic carbocycles. The van der Waals surface area contributed by atoms with Crippen molar-refractivity contribution in [3.63, 3.8) is 0 Å². The van der Waals surface area contributed by atoms with Crippen LogP contribution in [0.2, 0.25) is 0 Å². The van der Waals surface area contributed by atoms with Crippen molar-refractivity contribution in [1.29, 1.82) is 0 Å². The predicted molar refractivity (Wildman–Crippen MR) is 114 cm³/mol. The van der Waals surface area contributed by atoms with Crippen LogP contribution in [-0.4, -0.2) is 54.9 Å². The van der Waals surface area contributed by atoms with E-state index in [0.29, 0.717) is 19.2 Å². The molecule has 0 spiro atoms. The van der Waals surface area contributed by atoms with Gasteiger partial charge in [0.25, 0.3) is 0 Å². The molecule has 1 aliphatic rings. The van der Waals surface area contributed by atoms with Gasteiger partial charge in [-0.3, -0.25) is 14.5 Å². The van der Waals surface area contributed by atoms with Crippen LogP contribution in [0.1, 0.15) is 36.2 Å². The van der Waals surface area contributed by atoms with Crippen LogP contribution in [0.15, 0.2) is 23.1 Å². The van der Waals surface area contributed by atoms with Crippen LogP contribution < -0.4 is 19.9 Å². The molecule has 0 amide bonds. The summed E-state index contributed by atoms with van der Waals surface area (Å²) in [6.45, 7) is 2.03. The van der Waals surface area contributed by atoms with Gasteiger partial charge in [0, 0.05) is 31.9 Å². The zero-order chi connectivity index (χ0) is 25.4. The molecule has 0 atom stereocenters. The van der Waals surface area contributed by atoms with E-state index in [0.717, 1.165) is 23.5 Å². The smallest absolute Gasteiger partial charge is 0.412 e. The zero-order valence-electron chi connectivity index (χ0n) is 19.0. The number of carboxylic acid groups (broad SMARTS) is 1. The van der Waals surface area contributed by atoms with E-state index in [1.807, 2.05) is 0 Å². The lowest BCUT2D eigenvalue weighted by atomic mass is 9.95. The summed E-state index contributed by atoms with van der Waals surface area (Å²) in [6.07, 6.45) is -3.54. The second kappa shape index (κ2) is 9.16. The summed E-state index contributed by atoms with van der Waals surface area (Å²) in [7, 11) is 2.86. The number of hydrogen-bond acceptors (Lipinski definition) is 6. The van der Waals surface area contributed by atoms with Gasteiger partial charge in [0.15, 0.2) is 17.3 Å². The van der Waals surface area contributed by atoms with Gasteiger partial charge in [0.2, 0.25) is 5.43 Å². The van der Waals surface area contributed by atoms with E-state index in [4.69, 9.17) is 14.2 Å². The van der Waals surface area contributed by atoms with Crippen LogP contribution in [0.5, 0.6) is 11.5 Å². The number of pyridine rings is 1. The molecule has 8 nitrogen and oxygen atoms in total. The molecule has 34 heavy (non-hydrogen) atoms. The minimum atomic E-state index is -4.78. The topological polar surface area (TPSA) is 90.2 Å². The van der Waals surface area contributed by atoms with Crippen LogP contribution in [0.4, 0.5) is 17.6 Å². The Morgan fingerprint density at radius 1 is 1.15 bits per heavy atom. The molecule has 0 bridgehead atoms. The van der Waals surface area contributed by atoms with E-state index in [1.54, 1.807) is 0 Å². The standard InChI is InChI=1S/C22H24F4N2O6/c1-21(2,22(24,25)26)28-10-12-8-16(34-7-5-6-32-3)15(33-4)9-13(12)18-17(23)19(29)14(20(30)31)11-27(18)28/h8-9,11H,5-7,10H2,1-4H3,(H,30,31). The average molecular weight is 488 g/mol. The van der Waals surface area contributed by atoms with E-state index in [1.165, 1.54) is 26.4 Å². The molecule has 2 aromatic rings. The predicted octanol–water partition coefficient (Wildman–Crippen LogP) is 3.57. The first kappa shape index (κ1) is 25.3. The van der Waals surface area contributed by atoms with E-state index in [-0.39, 0.29) is 35.8 Å². The molecule has 12 heteroatoms. The van der Waals surface area contributed by atoms with Gasteiger partial charge in [-0.1, -0.05) is 0 Å². The number of hydrogen-bond donors (Lipinski definition) is 1. The summed E-state index contributed by atoms with van der Waals surface area (Å²) in [5.74, 6) is -2.85. The number of methoxy groups -OCH3 is 2. The van der Waals surface area contributed by atoms with E-state index >= 15 is 4.39 Å². The lowest BCUT2D eigenvalue weighted by Crippen LogP contribution is -2.60. The molecule has 2 heterocycles. The number of alkyl halides is 3. The highest BCUT2D eigenvalue weighted by Gasteiger charge is 2.53. The first-order valence-electron chi connectivity index (χ1n) is 10.2. The number of aromatic carboxylic acids is 1. The van der Waals surface area contributed by atoms with Gasteiger partial charge in [-0.2, -0.15) is 13.2 Å². The molecule has 1 aromatic heterocycles. The summed E-state index contributed by atoms with van der Waals surface area (Å²) in [6, 6.07) is 2.78. The van der Waals surface area contributed by atoms with Gasteiger partial charge in [0.05, 0.1) is 20.3 Å². The van der Waals surface area contributed by atoms with E-state index < -0.39 is 40.2 Å². The summed E-state index contributed by atoms with van der Waals surface area (Å²) < 4.78 is 73.9. The number of nitrogens with zero attached hydrogens (tertiary/aromatic N) is 2. The fraction of sp³-hybridized carbons (Fsp3) is 0.455. The van der Waals surface area contributed by atoms with Crippen molar-refractivity contribution < 1.29 is 41.7 Å².